The lowest BCUT2D eigenvalue weighted by atomic mass is 9.54. The minimum Gasteiger partial charge on any atom is -0.458 e. The van der Waals surface area contributed by atoms with Crippen LogP contribution in [0.5, 0.6) is 0 Å². The summed E-state index contributed by atoms with van der Waals surface area (Å²) in [5, 5.41) is 0. The second kappa shape index (κ2) is 11.0. The van der Waals surface area contributed by atoms with Crippen LogP contribution in [0, 0.1) is 34.5 Å². The third-order valence-corrected chi connectivity index (χ3v) is 9.34. The van der Waals surface area contributed by atoms with Crippen LogP contribution in [-0.4, -0.2) is 42.5 Å². The molecule has 2 heterocycles. The first kappa shape index (κ1) is 28.9. The van der Waals surface area contributed by atoms with Crippen molar-refractivity contribution in [1.29, 1.82) is 0 Å². The van der Waals surface area contributed by atoms with Crippen molar-refractivity contribution < 1.29 is 33.3 Å². The van der Waals surface area contributed by atoms with Crippen molar-refractivity contribution in [3.8, 4) is 0 Å². The molecule has 36 heavy (non-hydrogen) atoms. The molecule has 7 nitrogen and oxygen atoms in total. The molecule has 5 aliphatic rings. The van der Waals surface area contributed by atoms with Gasteiger partial charge < -0.3 is 18.9 Å². The van der Waals surface area contributed by atoms with Crippen LogP contribution >= 0.6 is 0 Å². The molecule has 3 aliphatic carbocycles. The number of hydrogen-bond donors (Lipinski definition) is 0. The normalized spacial score (nSPS) is 33.5. The molecule has 3 saturated carbocycles. The Morgan fingerprint density at radius 3 is 2.19 bits per heavy atom. The average molecular weight is 509 g/mol. The van der Waals surface area contributed by atoms with Gasteiger partial charge >= 0.3 is 17.9 Å². The van der Waals surface area contributed by atoms with Crippen LogP contribution in [0.3, 0.4) is 0 Å². The van der Waals surface area contributed by atoms with Crippen LogP contribution in [0.1, 0.15) is 107 Å². The number of fused-ring (bicyclic) bond motifs is 1. The maximum Gasteiger partial charge on any atom is 0.313 e. The monoisotopic (exact) mass is 508 g/mol. The van der Waals surface area contributed by atoms with Crippen LogP contribution in [0.25, 0.3) is 0 Å². The highest BCUT2D eigenvalue weighted by Crippen LogP contribution is 2.59. The summed E-state index contributed by atoms with van der Waals surface area (Å²) in [6.07, 6.45) is 6.86. The van der Waals surface area contributed by atoms with Crippen molar-refractivity contribution in [2.75, 3.05) is 6.61 Å². The Kier molecular flexibility index (Phi) is 8.84. The van der Waals surface area contributed by atoms with E-state index in [4.69, 9.17) is 18.9 Å². The van der Waals surface area contributed by atoms with Gasteiger partial charge in [-0.2, -0.15) is 0 Å². The van der Waals surface area contributed by atoms with Gasteiger partial charge in [0.1, 0.15) is 6.10 Å². The summed E-state index contributed by atoms with van der Waals surface area (Å²) in [6, 6.07) is 0. The van der Waals surface area contributed by atoms with Gasteiger partial charge in [0, 0.05) is 18.3 Å². The van der Waals surface area contributed by atoms with E-state index < -0.39 is 11.0 Å². The molecule has 206 valence electrons. The molecule has 0 aromatic rings. The molecule has 2 saturated heterocycles. The molecule has 0 aromatic heterocycles. The van der Waals surface area contributed by atoms with Gasteiger partial charge in [-0.1, -0.05) is 27.7 Å². The van der Waals surface area contributed by atoms with E-state index in [0.717, 1.165) is 51.4 Å². The largest absolute Gasteiger partial charge is 0.458 e. The molecule has 6 unspecified atom stereocenters. The Morgan fingerprint density at radius 1 is 1.00 bits per heavy atom. The van der Waals surface area contributed by atoms with Gasteiger partial charge in [-0.15, -0.1) is 0 Å². The molecule has 0 radical (unpaired) electrons. The summed E-state index contributed by atoms with van der Waals surface area (Å²) in [5.74, 6) is 0.283. The second-order valence-corrected chi connectivity index (χ2v) is 12.7. The Hall–Kier alpha value is -1.63. The van der Waals surface area contributed by atoms with E-state index in [1.807, 2.05) is 41.5 Å². The van der Waals surface area contributed by atoms with E-state index in [1.54, 1.807) is 0 Å². The summed E-state index contributed by atoms with van der Waals surface area (Å²) >= 11 is 0. The van der Waals surface area contributed by atoms with Crippen molar-refractivity contribution in [2.45, 2.75) is 125 Å². The van der Waals surface area contributed by atoms with Crippen molar-refractivity contribution in [3.05, 3.63) is 0 Å². The van der Waals surface area contributed by atoms with Gasteiger partial charge in [0.25, 0.3) is 0 Å². The van der Waals surface area contributed by atoms with E-state index in [2.05, 4.69) is 13.8 Å². The van der Waals surface area contributed by atoms with Crippen LogP contribution in [0.4, 0.5) is 0 Å². The predicted octanol–water partition coefficient (Wildman–Crippen LogP) is 5.82. The lowest BCUT2D eigenvalue weighted by molar-refractivity contribution is -0.230. The summed E-state index contributed by atoms with van der Waals surface area (Å²) < 4.78 is 22.6. The highest BCUT2D eigenvalue weighted by Gasteiger charge is 2.68. The molecule has 0 spiro atoms. The smallest absolute Gasteiger partial charge is 0.313 e. The van der Waals surface area contributed by atoms with Crippen LogP contribution in [-0.2, 0) is 33.3 Å². The van der Waals surface area contributed by atoms with Crippen molar-refractivity contribution in [3.63, 3.8) is 0 Å². The zero-order valence-corrected chi connectivity index (χ0v) is 23.7. The van der Waals surface area contributed by atoms with E-state index in [0.29, 0.717) is 6.61 Å². The van der Waals surface area contributed by atoms with Gasteiger partial charge in [-0.25, -0.2) is 0 Å². The highest BCUT2D eigenvalue weighted by molar-refractivity contribution is 5.79. The van der Waals surface area contributed by atoms with Gasteiger partial charge in [0.2, 0.25) is 6.29 Å². The maximum atomic E-state index is 12.7. The third kappa shape index (κ3) is 5.46. The van der Waals surface area contributed by atoms with E-state index in [1.165, 1.54) is 0 Å². The van der Waals surface area contributed by atoms with E-state index in [-0.39, 0.29) is 59.4 Å². The van der Waals surface area contributed by atoms with Crippen molar-refractivity contribution in [2.24, 2.45) is 34.5 Å². The Balaban J connectivity index is 0.000000223. The molecule has 5 rings (SSSR count). The number of esters is 3. The zero-order valence-electron chi connectivity index (χ0n) is 23.7. The fourth-order valence-corrected chi connectivity index (χ4v) is 5.93. The van der Waals surface area contributed by atoms with Crippen molar-refractivity contribution in [1.82, 2.24) is 0 Å². The summed E-state index contributed by atoms with van der Waals surface area (Å²) in [7, 11) is 0. The van der Waals surface area contributed by atoms with Gasteiger partial charge in [0.15, 0.2) is 5.60 Å². The first-order valence-electron chi connectivity index (χ1n) is 14.1. The predicted molar refractivity (Wildman–Crippen MR) is 136 cm³/mol. The minimum absolute atomic E-state index is 0.0357. The lowest BCUT2D eigenvalue weighted by Gasteiger charge is -2.55. The van der Waals surface area contributed by atoms with E-state index in [9.17, 15) is 14.4 Å². The Morgan fingerprint density at radius 2 is 1.64 bits per heavy atom. The molecular formula is C29H48O7. The molecule has 6 atom stereocenters. The fraction of sp³-hybridized carbons (Fsp3) is 0.897. The first-order valence-corrected chi connectivity index (χ1v) is 14.1. The number of rotatable bonds is 7. The Labute approximate surface area is 217 Å². The first-order chi connectivity index (χ1) is 16.8. The average Bonchev–Trinajstić information content (AvgIpc) is 3.14. The summed E-state index contributed by atoms with van der Waals surface area (Å²) in [4.78, 5) is 36.5. The van der Waals surface area contributed by atoms with Crippen LogP contribution in [0.15, 0.2) is 0 Å². The van der Waals surface area contributed by atoms with Crippen molar-refractivity contribution >= 4 is 17.9 Å². The molecular weight excluding hydrogens is 460 g/mol. The second-order valence-electron chi connectivity index (χ2n) is 12.7. The lowest BCUT2D eigenvalue weighted by Crippen LogP contribution is -2.64. The molecule has 0 N–H and O–H groups in total. The number of carbonyl (C=O) groups excluding carboxylic acids is 3. The van der Waals surface area contributed by atoms with E-state index >= 15 is 0 Å². The summed E-state index contributed by atoms with van der Waals surface area (Å²) in [5.41, 5.74) is -1.52. The highest BCUT2D eigenvalue weighted by atomic mass is 16.7. The fourth-order valence-electron chi connectivity index (χ4n) is 5.93. The zero-order chi connectivity index (χ0) is 26.9. The molecule has 4 bridgehead atoms. The van der Waals surface area contributed by atoms with Gasteiger partial charge in [0.05, 0.1) is 23.4 Å². The molecule has 2 aliphatic heterocycles. The SMILES string of the molecule is CCC(C)(C)C(=O)OC1(C(C)C)C2CCC3C(C2)C(=O)OC31.CCC(C)(C)C(=O)OC1CCCCO1. The third-order valence-electron chi connectivity index (χ3n) is 9.34. The molecule has 0 amide bonds. The maximum absolute atomic E-state index is 12.7. The van der Waals surface area contributed by atoms with Gasteiger partial charge in [-0.05, 0) is 78.6 Å². The molecule has 0 aromatic carbocycles. The molecule has 5 fully saturated rings. The van der Waals surface area contributed by atoms with Crippen LogP contribution < -0.4 is 0 Å². The standard InChI is InChI=1S/C18H28O4.C11H20O3/c1-6-17(4,5)16(20)22-18(10(2)3)11-7-8-12-13(9-11)15(19)21-14(12)18;1-4-11(2,3)10(12)14-9-7-5-6-8-13-9/h10-14H,6-9H2,1-5H3;9H,4-8H2,1-3H3. The number of hydrogen-bond acceptors (Lipinski definition) is 7. The summed E-state index contributed by atoms with van der Waals surface area (Å²) in [6.45, 7) is 16.5. The quantitative estimate of drug-likeness (QED) is 0.316. The van der Waals surface area contributed by atoms with Gasteiger partial charge in [-0.3, -0.25) is 14.4 Å². The topological polar surface area (TPSA) is 88.1 Å². The molecule has 7 heteroatoms. The minimum atomic E-state index is -0.630. The van der Waals surface area contributed by atoms with Crippen LogP contribution in [0.2, 0.25) is 0 Å². The number of ether oxygens (including phenoxy) is 4. The Bertz CT molecular complexity index is 810. The number of carbonyl (C=O) groups is 3.